The van der Waals surface area contributed by atoms with Crippen molar-refractivity contribution in [2.24, 2.45) is 34.4 Å². The largest absolute Gasteiger partial charge is 0.481 e. The SMILES string of the molecule is CC(N)C(=O)O.NC(=O)CCC(N)C(=O)O.NC(CCC(=O)O)C(=O)O.NC(CO)C(=O)O.NCC(=O)O. The van der Waals surface area contributed by atoms with E-state index in [2.05, 4.69) is 5.73 Å². The van der Waals surface area contributed by atoms with Gasteiger partial charge in [-0.1, -0.05) is 0 Å². The summed E-state index contributed by atoms with van der Waals surface area (Å²) in [4.78, 5) is 68.5. The minimum absolute atomic E-state index is 0.0213. The van der Waals surface area contributed by atoms with Gasteiger partial charge in [0.15, 0.2) is 0 Å². The van der Waals surface area contributed by atoms with Gasteiger partial charge in [-0.15, -0.1) is 0 Å². The van der Waals surface area contributed by atoms with Crippen LogP contribution in [0.25, 0.3) is 0 Å². The van der Waals surface area contributed by atoms with Crippen molar-refractivity contribution in [1.82, 2.24) is 0 Å². The maximum atomic E-state index is 10.1. The maximum Gasteiger partial charge on any atom is 0.322 e. The van der Waals surface area contributed by atoms with E-state index in [-0.39, 0.29) is 32.2 Å². The first-order valence-electron chi connectivity index (χ1n) is 10.1. The molecule has 0 saturated carbocycles. The van der Waals surface area contributed by atoms with Gasteiger partial charge in [-0.2, -0.15) is 0 Å². The van der Waals surface area contributed by atoms with E-state index in [0.29, 0.717) is 0 Å². The molecular weight excluding hydrogens is 524 g/mol. The van der Waals surface area contributed by atoms with Crippen LogP contribution in [0.2, 0.25) is 0 Å². The molecule has 0 saturated heterocycles. The Morgan fingerprint density at radius 3 is 1.03 bits per heavy atom. The number of rotatable bonds is 12. The number of carboxylic acids is 6. The van der Waals surface area contributed by atoms with Crippen LogP contribution >= 0.6 is 0 Å². The van der Waals surface area contributed by atoms with Crippen molar-refractivity contribution in [1.29, 1.82) is 0 Å². The Morgan fingerprint density at radius 2 is 0.895 bits per heavy atom. The molecule has 0 aromatic carbocycles. The number of hydrogen-bond acceptors (Lipinski definition) is 13. The van der Waals surface area contributed by atoms with Gasteiger partial charge in [-0.25, -0.2) is 0 Å². The third kappa shape index (κ3) is 45.5. The Bertz CT molecular complexity index is 700. The second-order valence-corrected chi connectivity index (χ2v) is 6.68. The molecule has 0 spiro atoms. The minimum Gasteiger partial charge on any atom is -0.481 e. The number of carbonyl (C=O) groups excluding carboxylic acids is 1. The van der Waals surface area contributed by atoms with Crippen LogP contribution in [0.5, 0.6) is 0 Å². The van der Waals surface area contributed by atoms with Crippen molar-refractivity contribution in [3.05, 3.63) is 0 Å². The first kappa shape index (κ1) is 44.1. The molecule has 1 amide bonds. The van der Waals surface area contributed by atoms with Gasteiger partial charge >= 0.3 is 35.8 Å². The average Bonchev–Trinajstić information content (AvgIpc) is 2.81. The monoisotopic (exact) mass is 562 g/mol. The second-order valence-electron chi connectivity index (χ2n) is 6.68. The molecule has 0 fully saturated rings. The zero-order valence-corrected chi connectivity index (χ0v) is 20.5. The Balaban J connectivity index is -0.000000123. The molecular formula is C18H38N6O14. The number of hydrogen-bond donors (Lipinski definition) is 13. The lowest BCUT2D eigenvalue weighted by atomic mass is 10.2. The normalized spacial score (nSPS) is 12.2. The summed E-state index contributed by atoms with van der Waals surface area (Å²) in [6, 6.07) is -3.89. The van der Waals surface area contributed by atoms with Crippen LogP contribution in [0, 0.1) is 0 Å². The van der Waals surface area contributed by atoms with Gasteiger partial charge in [0.05, 0.1) is 13.2 Å². The summed E-state index contributed by atoms with van der Waals surface area (Å²) in [5, 5.41) is 55.8. The molecule has 4 unspecified atom stereocenters. The predicted molar refractivity (Wildman–Crippen MR) is 127 cm³/mol. The third-order valence-electron chi connectivity index (χ3n) is 3.08. The quantitative estimate of drug-likeness (QED) is 0.105. The van der Waals surface area contributed by atoms with Crippen LogP contribution in [-0.4, -0.2) is 115 Å². The first-order chi connectivity index (χ1) is 17.2. The van der Waals surface area contributed by atoms with Crippen molar-refractivity contribution < 1.29 is 69.3 Å². The number of aliphatic hydroxyl groups excluding tert-OH is 1. The Hall–Kier alpha value is -3.95. The average molecular weight is 563 g/mol. The van der Waals surface area contributed by atoms with Gasteiger partial charge in [-0.3, -0.25) is 33.6 Å². The highest BCUT2D eigenvalue weighted by atomic mass is 16.4. The summed E-state index contributed by atoms with van der Waals surface area (Å²) in [6.45, 7) is 0.637. The first-order valence-corrected chi connectivity index (χ1v) is 10.1. The van der Waals surface area contributed by atoms with E-state index in [9.17, 15) is 33.6 Å². The van der Waals surface area contributed by atoms with Crippen LogP contribution < -0.4 is 34.4 Å². The number of aliphatic carboxylic acids is 6. The molecule has 0 aliphatic carbocycles. The van der Waals surface area contributed by atoms with Crippen LogP contribution in [0.15, 0.2) is 0 Å². The number of primary amides is 1. The molecule has 4 atom stereocenters. The molecule has 0 aromatic rings. The maximum absolute atomic E-state index is 10.1. The fourth-order valence-electron chi connectivity index (χ4n) is 0.902. The molecule has 0 aliphatic heterocycles. The van der Waals surface area contributed by atoms with Gasteiger partial charge in [-0.05, 0) is 19.8 Å². The number of nitrogens with two attached hydrogens (primary N) is 6. The van der Waals surface area contributed by atoms with E-state index in [1.54, 1.807) is 0 Å². The summed E-state index contributed by atoms with van der Waals surface area (Å²) in [6.07, 6.45) is -0.101. The summed E-state index contributed by atoms with van der Waals surface area (Å²) in [5.41, 5.74) is 29.0. The smallest absolute Gasteiger partial charge is 0.322 e. The highest BCUT2D eigenvalue weighted by molar-refractivity contribution is 5.77. The molecule has 20 heteroatoms. The highest BCUT2D eigenvalue weighted by Crippen LogP contribution is 1.93. The third-order valence-corrected chi connectivity index (χ3v) is 3.08. The van der Waals surface area contributed by atoms with Gasteiger partial charge in [0.1, 0.15) is 24.2 Å². The van der Waals surface area contributed by atoms with E-state index in [0.717, 1.165) is 0 Å². The molecule has 0 aromatic heterocycles. The second kappa shape index (κ2) is 27.6. The lowest BCUT2D eigenvalue weighted by molar-refractivity contribution is -0.141. The van der Waals surface area contributed by atoms with Crippen LogP contribution in [-0.2, 0) is 33.6 Å². The van der Waals surface area contributed by atoms with Crippen LogP contribution in [0.1, 0.15) is 32.6 Å². The van der Waals surface area contributed by atoms with Crippen molar-refractivity contribution >= 4 is 41.7 Å². The molecule has 19 N–H and O–H groups in total. The summed E-state index contributed by atoms with van der Waals surface area (Å²) < 4.78 is 0. The van der Waals surface area contributed by atoms with Crippen molar-refractivity contribution in [3.63, 3.8) is 0 Å². The van der Waals surface area contributed by atoms with Crippen LogP contribution in [0.4, 0.5) is 0 Å². The van der Waals surface area contributed by atoms with E-state index >= 15 is 0 Å². The topological polar surface area (TPSA) is 417 Å². The van der Waals surface area contributed by atoms with E-state index in [4.69, 9.17) is 64.4 Å². The number of carboxylic acid groups (broad SMARTS) is 6. The molecule has 0 radical (unpaired) electrons. The summed E-state index contributed by atoms with van der Waals surface area (Å²) in [7, 11) is 0. The zero-order valence-electron chi connectivity index (χ0n) is 20.5. The predicted octanol–water partition coefficient (Wildman–Crippen LogP) is -5.23. The van der Waals surface area contributed by atoms with Gasteiger partial charge in [0.2, 0.25) is 5.91 Å². The minimum atomic E-state index is -1.18. The molecule has 38 heavy (non-hydrogen) atoms. The molecule has 20 nitrogen and oxygen atoms in total. The zero-order chi connectivity index (χ0) is 31.6. The lowest BCUT2D eigenvalue weighted by Crippen LogP contribution is -2.33. The number of aliphatic hydroxyl groups is 1. The molecule has 0 bridgehead atoms. The highest BCUT2D eigenvalue weighted by Gasteiger charge is 2.12. The van der Waals surface area contributed by atoms with Gasteiger partial charge in [0, 0.05) is 12.8 Å². The molecule has 0 heterocycles. The van der Waals surface area contributed by atoms with E-state index < -0.39 is 72.5 Å². The number of amides is 1. The number of carbonyl (C=O) groups is 7. The lowest BCUT2D eigenvalue weighted by Gasteiger charge is -2.01. The van der Waals surface area contributed by atoms with Gasteiger partial charge < -0.3 is 70.1 Å². The Labute approximate surface area is 216 Å². The summed E-state index contributed by atoms with van der Waals surface area (Å²) >= 11 is 0. The Morgan fingerprint density at radius 1 is 0.605 bits per heavy atom. The molecule has 224 valence electrons. The van der Waals surface area contributed by atoms with E-state index in [1.807, 2.05) is 0 Å². The van der Waals surface area contributed by atoms with Crippen molar-refractivity contribution in [3.8, 4) is 0 Å². The standard InChI is InChI=1S/C5H10N2O3.C5H9NO4.C3H7NO3.C3H7NO2.C2H5NO2/c2*6-3(5(9)10)1-2-4(7)8;4-2(1-5)3(6)7;1-2(4)3(5)6;3-1-2(4)5/h3H,1-2,6H2,(H2,7,8)(H,9,10);3H,1-2,6H2,(H,7,8)(H,9,10);2,5H,1,4H2,(H,6,7);2H,4H2,1H3,(H,5,6);1,3H2,(H,4,5). The van der Waals surface area contributed by atoms with Crippen LogP contribution in [0.3, 0.4) is 0 Å². The Kier molecular flexibility index (Phi) is 32.1. The van der Waals surface area contributed by atoms with Crippen molar-refractivity contribution in [2.75, 3.05) is 13.2 Å². The summed E-state index contributed by atoms with van der Waals surface area (Å²) in [5.74, 6) is -6.95. The molecule has 0 rings (SSSR count). The van der Waals surface area contributed by atoms with E-state index in [1.165, 1.54) is 6.92 Å². The van der Waals surface area contributed by atoms with Crippen molar-refractivity contribution in [2.45, 2.75) is 56.8 Å². The van der Waals surface area contributed by atoms with Gasteiger partial charge in [0.25, 0.3) is 0 Å². The molecule has 0 aliphatic rings. The fraction of sp³-hybridized carbons (Fsp3) is 0.611. The fourth-order valence-corrected chi connectivity index (χ4v) is 0.902.